The molecule has 0 aromatic heterocycles. The van der Waals surface area contributed by atoms with Gasteiger partial charge >= 0.3 is 0 Å². The van der Waals surface area contributed by atoms with Gasteiger partial charge in [-0.2, -0.15) is 0 Å². The lowest BCUT2D eigenvalue weighted by molar-refractivity contribution is -0.0342. The molecule has 5 atom stereocenters. The molecule has 0 bridgehead atoms. The third-order valence-corrected chi connectivity index (χ3v) is 27.9. The fourth-order valence-corrected chi connectivity index (χ4v) is 14.4. The van der Waals surface area contributed by atoms with Crippen LogP contribution in [0.2, 0.25) is 0 Å². The number of methoxy groups -OCH3 is 1. The minimum atomic E-state index is -0.913. The van der Waals surface area contributed by atoms with E-state index < -0.39 is 27.9 Å². The fourth-order valence-electron chi connectivity index (χ4n) is 14.4. The highest BCUT2D eigenvalue weighted by atomic mass is 16.5. The molecule has 0 heterocycles. The third kappa shape index (κ3) is 103. The van der Waals surface area contributed by atoms with E-state index in [1.54, 1.807) is 27.9 Å². The number of β-amino-alcohol motifs (C(OH)–C–C–N with tert-alkyl or cyclic N) is 1. The molecule has 0 rings (SSSR count). The quantitative estimate of drug-likeness (QED) is 0.0252. The summed E-state index contributed by atoms with van der Waals surface area (Å²) in [6, 6.07) is 0.787. The van der Waals surface area contributed by atoms with Crippen molar-refractivity contribution in [2.24, 2.45) is 0 Å². The first kappa shape index (κ1) is 174. The van der Waals surface area contributed by atoms with E-state index in [0.29, 0.717) is 26.1 Å². The second-order valence-electron chi connectivity index (χ2n) is 49.6. The van der Waals surface area contributed by atoms with E-state index in [0.717, 1.165) is 136 Å². The summed E-state index contributed by atoms with van der Waals surface area (Å²) in [7, 11) is 77.5. The Morgan fingerprint density at radius 1 is 0.255 bits per heavy atom. The van der Waals surface area contributed by atoms with Crippen LogP contribution in [0.25, 0.3) is 0 Å². The van der Waals surface area contributed by atoms with Gasteiger partial charge in [0.25, 0.3) is 0 Å². The molecule has 0 fully saturated rings. The Balaban J connectivity index is -0.000000107. The molecule has 0 aromatic carbocycles. The molecule has 0 saturated heterocycles. The summed E-state index contributed by atoms with van der Waals surface area (Å²) in [6.45, 7) is 71.8. The largest absolute Gasteiger partial charge is 0.394 e. The predicted molar refractivity (Wildman–Crippen MR) is 641 cm³/mol. The van der Waals surface area contributed by atoms with Gasteiger partial charge < -0.3 is 144 Å². The predicted octanol–water partition coefficient (Wildman–Crippen LogP) is 10.7. The van der Waals surface area contributed by atoms with Gasteiger partial charge in [0.1, 0.15) is 0 Å². The number of aliphatic hydroxyl groups excluding tert-OH is 7. The van der Waals surface area contributed by atoms with Gasteiger partial charge in [0, 0.05) is 143 Å². The van der Waals surface area contributed by atoms with Crippen LogP contribution in [0.3, 0.4) is 0 Å². The van der Waals surface area contributed by atoms with Crippen molar-refractivity contribution >= 4 is 0 Å². The Bertz CT molecular complexity index is 2600. The normalized spacial score (nSPS) is 14.2. The first-order valence-electron chi connectivity index (χ1n) is 54.2. The SMILES string of the molecule is CC(O)CN(C)C.CCC(C)(C)N(C)CC(C)(C)N(C)CC(C)O.CCC(C)(CO)N(C)C.CCC(C)(O)CN(C)C.CCC(CC)(CO)N(C)C.CCC(CC)N(C)C.CCC(CO)(CO)N(C)C.CCC(O)(CC)CN(C)C.CCC(O)(CO)CN(C)C.CN(C)CC(C)(C)N(C)C.CN(C)CC(C)(C)O.CN(C)CC(C)(CN(C)C)N(C)C.CN(CC(C)(C)N(C)C)CC(C)(C)N(C)C.COCCCN(C)C. The van der Waals surface area contributed by atoms with Crippen LogP contribution in [-0.4, -0.2) is 637 Å². The molecule has 898 valence electrons. The Morgan fingerprint density at radius 3 is 0.690 bits per heavy atom. The van der Waals surface area contributed by atoms with E-state index in [2.05, 4.69) is 329 Å². The van der Waals surface area contributed by atoms with Gasteiger partial charge in [0.15, 0.2) is 0 Å². The van der Waals surface area contributed by atoms with Crippen LogP contribution in [0.4, 0.5) is 0 Å². The minimum Gasteiger partial charge on any atom is -0.394 e. The van der Waals surface area contributed by atoms with Crippen molar-refractivity contribution in [1.29, 1.82) is 0 Å². The van der Waals surface area contributed by atoms with Crippen molar-refractivity contribution < 1.29 is 60.9 Å². The Kier molecular flexibility index (Phi) is 109. The van der Waals surface area contributed by atoms with Crippen molar-refractivity contribution in [2.45, 2.75) is 361 Å². The van der Waals surface area contributed by atoms with E-state index in [1.165, 1.54) is 12.8 Å². The molecule has 0 radical (unpaired) electrons. The summed E-state index contributed by atoms with van der Waals surface area (Å²) in [5.41, 5.74) is -1.65. The molecule has 0 aromatic rings. The van der Waals surface area contributed by atoms with Crippen molar-refractivity contribution in [3.05, 3.63) is 0 Å². The van der Waals surface area contributed by atoms with Crippen LogP contribution >= 0.6 is 0 Å². The zero-order valence-corrected chi connectivity index (χ0v) is 110. The van der Waals surface area contributed by atoms with Crippen LogP contribution in [0.1, 0.15) is 271 Å². The highest BCUT2D eigenvalue weighted by Crippen LogP contribution is 2.25. The van der Waals surface area contributed by atoms with Crippen LogP contribution in [0.5, 0.6) is 0 Å². The lowest BCUT2D eigenvalue weighted by atomic mass is 9.93. The summed E-state index contributed by atoms with van der Waals surface area (Å²) in [4.78, 5) is 43.1. The van der Waals surface area contributed by atoms with Gasteiger partial charge in [-0.05, 0) is 462 Å². The highest BCUT2D eigenvalue weighted by molar-refractivity contribution is 4.92. The zero-order valence-electron chi connectivity index (χ0n) is 110. The van der Waals surface area contributed by atoms with E-state index in [1.807, 2.05) is 202 Å². The van der Waals surface area contributed by atoms with Gasteiger partial charge in [0.2, 0.25) is 0 Å². The van der Waals surface area contributed by atoms with Gasteiger partial charge in [-0.1, -0.05) is 76.2 Å². The van der Waals surface area contributed by atoms with Crippen LogP contribution in [0, 0.1) is 0 Å². The molecule has 0 saturated carbocycles. The zero-order chi connectivity index (χ0) is 119. The first-order valence-corrected chi connectivity index (χ1v) is 54.2. The maximum absolute atomic E-state index is 9.76. The maximum atomic E-state index is 9.76. The maximum Gasteiger partial charge on any atom is 0.1000 e. The molecule has 5 unspecified atom stereocenters. The summed E-state index contributed by atoms with van der Waals surface area (Å²) in [6.07, 6.45) is 11.1. The second-order valence-corrected chi connectivity index (χ2v) is 49.6. The van der Waals surface area contributed by atoms with Crippen LogP contribution in [0.15, 0.2) is 0 Å². The molecule has 0 aliphatic heterocycles. The highest BCUT2D eigenvalue weighted by Gasteiger charge is 2.35. The van der Waals surface area contributed by atoms with Gasteiger partial charge in [-0.25, -0.2) is 0 Å². The van der Waals surface area contributed by atoms with Crippen LogP contribution < -0.4 is 0 Å². The Labute approximate surface area is 908 Å². The molecule has 0 amide bonds. The van der Waals surface area contributed by atoms with Crippen LogP contribution in [-0.2, 0) is 4.74 Å². The van der Waals surface area contributed by atoms with E-state index in [9.17, 15) is 20.4 Å². The third-order valence-electron chi connectivity index (χ3n) is 27.9. The second kappa shape index (κ2) is 90.8. The average molecular weight is 2110 g/mol. The minimum absolute atomic E-state index is 0.00694. The molecule has 11 N–H and O–H groups in total. The van der Waals surface area contributed by atoms with E-state index >= 15 is 0 Å². The number of aliphatic hydroxyl groups is 11. The molecular weight excluding hydrogens is 1830 g/mol. The summed E-state index contributed by atoms with van der Waals surface area (Å²) >= 11 is 0. The topological polar surface area (TPSA) is 297 Å². The summed E-state index contributed by atoms with van der Waals surface area (Å²) < 4.78 is 4.87. The Morgan fingerprint density at radius 2 is 0.566 bits per heavy atom. The summed E-state index contributed by atoms with van der Waals surface area (Å²) in [5, 5.41) is 101. The van der Waals surface area contributed by atoms with Crippen molar-refractivity contribution in [3.8, 4) is 0 Å². The van der Waals surface area contributed by atoms with Crippen molar-refractivity contribution in [3.63, 3.8) is 0 Å². The fraction of sp³-hybridized carbons (Fsp3) is 1.00. The van der Waals surface area contributed by atoms with Crippen molar-refractivity contribution in [2.75, 3.05) is 393 Å². The number of hydrogen-bond donors (Lipinski definition) is 11. The monoisotopic (exact) mass is 2100 g/mol. The molecule has 32 nitrogen and oxygen atoms in total. The number of nitrogens with zero attached hydrogens (tertiary/aromatic N) is 20. The molecule has 145 heavy (non-hydrogen) atoms. The lowest BCUT2D eigenvalue weighted by Crippen LogP contribution is -2.55. The number of likely N-dealkylation sites (N-methyl/N-ethyl adjacent to an activating group) is 18. The molecule has 0 aliphatic rings. The average Bonchev–Trinajstić information content (AvgIpc) is 0.882. The number of rotatable bonds is 54. The number of ether oxygens (including phenoxy) is 1. The van der Waals surface area contributed by atoms with Gasteiger partial charge in [-0.3, -0.25) is 14.7 Å². The molecular formula is C113H274N20O12. The molecule has 32 heteroatoms. The standard InChI is InChI=1S/C14H32N2O.C13H31N3.C10H25N3.C8H20N2.2C8H19NO.2C7H17NO2.2C7H17NO.C7H17N.2C6H15NO.C5H13NO/c1-9-13(3,4)16(8)11-14(5,6)15(7)10-12(2)17;1-12(2,14(5)6)10-16(9)11-13(3,4)15(7)8;1-10(13(6)7,8-11(2)3)9-12(4)5;1-8(2,10(5)6)7-9(3)4;1-5-8(6-2,7-10)9(3)4;1-5-8(10,6-2)7-9(3)4;1-4-7(5-9,6-10)8(2)3;1-4-7(10,6-9)5-8(2)3;1-5-7(2,6-9)8(3)4;1-5-7(2,9)6-8(3)4;1-5-7(6-2)8(3)4;1-6(2,8)5-7(3)4;1-7(2)5-4-6-8-3;1-5(7)4-6(2)3/h12,17H,9-11H2,1-8H3;10-11H2,1-9H3;8-9H2,1-7H3;7H2,1-6H3;2*10H,5-7H2,1-4H3;2*9-10H,4-6H2,1-3H3;2*9H,5-6H2,1-4H3;7H,5-6H2,1-4H3;8H,5H2,1-4H3;4-6H2,1-3H3;5,7H,4H2,1-3H3. The molecule has 0 aliphatic carbocycles. The van der Waals surface area contributed by atoms with Gasteiger partial charge in [0.05, 0.1) is 73.2 Å². The Hall–Kier alpha value is -1.28. The summed E-state index contributed by atoms with van der Waals surface area (Å²) in [5.74, 6) is 0. The number of hydrogen-bond acceptors (Lipinski definition) is 32. The van der Waals surface area contributed by atoms with Crippen molar-refractivity contribution in [1.82, 2.24) is 98.0 Å². The molecule has 0 spiro atoms. The van der Waals surface area contributed by atoms with E-state index in [4.69, 9.17) is 40.5 Å². The smallest absolute Gasteiger partial charge is 0.1000 e. The lowest BCUT2D eigenvalue weighted by Gasteiger charge is -2.44. The first-order chi connectivity index (χ1) is 65.0. The van der Waals surface area contributed by atoms with Gasteiger partial charge in [-0.15, -0.1) is 0 Å². The van der Waals surface area contributed by atoms with E-state index in [-0.39, 0.29) is 89.6 Å².